The predicted octanol–water partition coefficient (Wildman–Crippen LogP) is 3.47. The quantitative estimate of drug-likeness (QED) is 0.664. The topological polar surface area (TPSA) is 61.4 Å². The minimum atomic E-state index is -0.199. The molecule has 0 saturated heterocycles. The standard InChI is InChI=1S/C20H25N3O2S/c1-3-23(4-2)14-13-21-20(25)16-7-9-17(10-8-16)22-19(24)12-11-18-6-5-15-26-18/h5-12,15H,3-4,13-14H2,1-2H3,(H,21,25)(H,22,24)/b12-11+. The number of benzene rings is 1. The molecule has 0 radical (unpaired) electrons. The van der Waals surface area contributed by atoms with Gasteiger partial charge in [0.2, 0.25) is 5.91 Å². The van der Waals surface area contributed by atoms with Gasteiger partial charge in [0, 0.05) is 35.3 Å². The molecular formula is C20H25N3O2S. The first-order valence-electron chi connectivity index (χ1n) is 8.75. The minimum absolute atomic E-state index is 0.104. The van der Waals surface area contributed by atoms with E-state index in [1.165, 1.54) is 6.08 Å². The molecule has 0 unspecified atom stereocenters. The molecule has 5 nitrogen and oxygen atoms in total. The van der Waals surface area contributed by atoms with E-state index >= 15 is 0 Å². The monoisotopic (exact) mass is 371 g/mol. The van der Waals surface area contributed by atoms with Crippen LogP contribution in [0.1, 0.15) is 29.1 Å². The molecule has 26 heavy (non-hydrogen) atoms. The smallest absolute Gasteiger partial charge is 0.251 e. The van der Waals surface area contributed by atoms with Gasteiger partial charge in [-0.05, 0) is 54.9 Å². The summed E-state index contributed by atoms with van der Waals surface area (Å²) in [7, 11) is 0. The predicted molar refractivity (Wildman–Crippen MR) is 109 cm³/mol. The van der Waals surface area contributed by atoms with Crippen molar-refractivity contribution in [1.82, 2.24) is 10.2 Å². The third-order valence-corrected chi connectivity index (χ3v) is 4.80. The van der Waals surface area contributed by atoms with E-state index in [1.807, 2.05) is 17.5 Å². The third kappa shape index (κ3) is 6.46. The molecule has 0 bridgehead atoms. The lowest BCUT2D eigenvalue weighted by molar-refractivity contribution is -0.111. The molecular weight excluding hydrogens is 346 g/mol. The fourth-order valence-electron chi connectivity index (χ4n) is 2.40. The number of hydrogen-bond donors (Lipinski definition) is 2. The maximum atomic E-state index is 12.1. The number of anilines is 1. The SMILES string of the molecule is CCN(CC)CCNC(=O)c1ccc(NC(=O)/C=C/c2cccs2)cc1. The number of carbonyl (C=O) groups excluding carboxylic acids is 2. The van der Waals surface area contributed by atoms with Crippen LogP contribution in [0.25, 0.3) is 6.08 Å². The molecule has 2 N–H and O–H groups in total. The van der Waals surface area contributed by atoms with E-state index < -0.39 is 0 Å². The lowest BCUT2D eigenvalue weighted by Gasteiger charge is -2.17. The first-order valence-corrected chi connectivity index (χ1v) is 9.63. The Morgan fingerprint density at radius 1 is 1.12 bits per heavy atom. The van der Waals surface area contributed by atoms with E-state index in [-0.39, 0.29) is 11.8 Å². The average molecular weight is 372 g/mol. The Hall–Kier alpha value is -2.44. The molecule has 0 aliphatic heterocycles. The van der Waals surface area contributed by atoms with Crippen LogP contribution in [0.3, 0.4) is 0 Å². The third-order valence-electron chi connectivity index (χ3n) is 3.96. The van der Waals surface area contributed by atoms with Gasteiger partial charge < -0.3 is 15.5 Å². The van der Waals surface area contributed by atoms with Gasteiger partial charge in [-0.25, -0.2) is 0 Å². The molecule has 1 heterocycles. The van der Waals surface area contributed by atoms with Gasteiger partial charge in [-0.3, -0.25) is 9.59 Å². The fraction of sp³-hybridized carbons (Fsp3) is 0.300. The normalized spacial score (nSPS) is 11.0. The van der Waals surface area contributed by atoms with Gasteiger partial charge in [0.15, 0.2) is 0 Å². The average Bonchev–Trinajstić information content (AvgIpc) is 3.18. The zero-order valence-corrected chi connectivity index (χ0v) is 16.0. The summed E-state index contributed by atoms with van der Waals surface area (Å²) in [6.45, 7) is 7.61. The number of carbonyl (C=O) groups is 2. The second kappa shape index (κ2) is 10.5. The van der Waals surface area contributed by atoms with Crippen LogP contribution >= 0.6 is 11.3 Å². The first kappa shape index (κ1) is 19.9. The first-order chi connectivity index (χ1) is 12.6. The summed E-state index contributed by atoms with van der Waals surface area (Å²) in [5, 5.41) is 7.66. The summed E-state index contributed by atoms with van der Waals surface area (Å²) in [5.41, 5.74) is 1.24. The molecule has 0 atom stereocenters. The van der Waals surface area contributed by atoms with Crippen molar-refractivity contribution in [3.8, 4) is 0 Å². The van der Waals surface area contributed by atoms with E-state index in [4.69, 9.17) is 0 Å². The highest BCUT2D eigenvalue weighted by atomic mass is 32.1. The number of rotatable bonds is 9. The maximum Gasteiger partial charge on any atom is 0.251 e. The molecule has 1 aromatic carbocycles. The number of thiophene rings is 1. The second-order valence-electron chi connectivity index (χ2n) is 5.70. The Labute approximate surface area is 158 Å². The Balaban J connectivity index is 1.81. The lowest BCUT2D eigenvalue weighted by Crippen LogP contribution is -2.34. The summed E-state index contributed by atoms with van der Waals surface area (Å²) in [6, 6.07) is 10.8. The van der Waals surface area contributed by atoms with Crippen molar-refractivity contribution in [3.05, 3.63) is 58.3 Å². The summed E-state index contributed by atoms with van der Waals surface area (Å²) in [4.78, 5) is 27.3. The summed E-state index contributed by atoms with van der Waals surface area (Å²) < 4.78 is 0. The number of likely N-dealkylation sites (N-methyl/N-ethyl adjacent to an activating group) is 1. The number of hydrogen-bond acceptors (Lipinski definition) is 4. The molecule has 2 aromatic rings. The van der Waals surface area contributed by atoms with E-state index in [0.717, 1.165) is 24.5 Å². The minimum Gasteiger partial charge on any atom is -0.351 e. The molecule has 2 rings (SSSR count). The van der Waals surface area contributed by atoms with Crippen LogP contribution in [0.4, 0.5) is 5.69 Å². The number of amides is 2. The van der Waals surface area contributed by atoms with Gasteiger partial charge in [-0.15, -0.1) is 11.3 Å². The molecule has 0 fully saturated rings. The van der Waals surface area contributed by atoms with Crippen LogP contribution in [-0.4, -0.2) is 42.9 Å². The number of nitrogens with one attached hydrogen (secondary N) is 2. The molecule has 138 valence electrons. The maximum absolute atomic E-state index is 12.1. The zero-order chi connectivity index (χ0) is 18.8. The largest absolute Gasteiger partial charge is 0.351 e. The number of nitrogens with zero attached hydrogens (tertiary/aromatic N) is 1. The Morgan fingerprint density at radius 2 is 1.85 bits per heavy atom. The van der Waals surface area contributed by atoms with Gasteiger partial charge >= 0.3 is 0 Å². The van der Waals surface area contributed by atoms with Crippen LogP contribution in [0.2, 0.25) is 0 Å². The molecule has 0 aliphatic rings. The molecule has 6 heteroatoms. The van der Waals surface area contributed by atoms with Crippen molar-refractivity contribution in [2.45, 2.75) is 13.8 Å². The van der Waals surface area contributed by atoms with E-state index in [0.29, 0.717) is 17.8 Å². The highest BCUT2D eigenvalue weighted by Crippen LogP contribution is 2.12. The van der Waals surface area contributed by atoms with Crippen molar-refractivity contribution < 1.29 is 9.59 Å². The van der Waals surface area contributed by atoms with Crippen molar-refractivity contribution in [3.63, 3.8) is 0 Å². The van der Waals surface area contributed by atoms with Crippen molar-refractivity contribution >= 4 is 34.9 Å². The van der Waals surface area contributed by atoms with Crippen molar-refractivity contribution in [2.24, 2.45) is 0 Å². The Kier molecular flexibility index (Phi) is 8.05. The lowest BCUT2D eigenvalue weighted by atomic mass is 10.2. The Bertz CT molecular complexity index is 720. The zero-order valence-electron chi connectivity index (χ0n) is 15.2. The van der Waals surface area contributed by atoms with Crippen LogP contribution in [-0.2, 0) is 4.79 Å². The van der Waals surface area contributed by atoms with Crippen LogP contribution < -0.4 is 10.6 Å². The molecule has 0 saturated carbocycles. The van der Waals surface area contributed by atoms with E-state index in [9.17, 15) is 9.59 Å². The highest BCUT2D eigenvalue weighted by Gasteiger charge is 2.06. The van der Waals surface area contributed by atoms with Crippen LogP contribution in [0.5, 0.6) is 0 Å². The van der Waals surface area contributed by atoms with Gasteiger partial charge in [-0.1, -0.05) is 19.9 Å². The molecule has 0 aliphatic carbocycles. The molecule has 1 aromatic heterocycles. The summed E-state index contributed by atoms with van der Waals surface area (Å²) in [6.07, 6.45) is 3.28. The summed E-state index contributed by atoms with van der Waals surface area (Å²) in [5.74, 6) is -0.303. The second-order valence-corrected chi connectivity index (χ2v) is 6.68. The van der Waals surface area contributed by atoms with Crippen LogP contribution in [0, 0.1) is 0 Å². The van der Waals surface area contributed by atoms with Crippen molar-refractivity contribution in [2.75, 3.05) is 31.5 Å². The van der Waals surface area contributed by atoms with Gasteiger partial charge in [0.25, 0.3) is 5.91 Å². The van der Waals surface area contributed by atoms with Gasteiger partial charge in [0.05, 0.1) is 0 Å². The summed E-state index contributed by atoms with van der Waals surface area (Å²) >= 11 is 1.57. The van der Waals surface area contributed by atoms with E-state index in [1.54, 1.807) is 41.7 Å². The Morgan fingerprint density at radius 3 is 2.46 bits per heavy atom. The van der Waals surface area contributed by atoms with Crippen molar-refractivity contribution in [1.29, 1.82) is 0 Å². The highest BCUT2D eigenvalue weighted by molar-refractivity contribution is 7.10. The van der Waals surface area contributed by atoms with Gasteiger partial charge in [-0.2, -0.15) is 0 Å². The van der Waals surface area contributed by atoms with Gasteiger partial charge in [0.1, 0.15) is 0 Å². The molecule has 2 amide bonds. The fourth-order valence-corrected chi connectivity index (χ4v) is 3.02. The van der Waals surface area contributed by atoms with Crippen LogP contribution in [0.15, 0.2) is 47.9 Å². The van der Waals surface area contributed by atoms with E-state index in [2.05, 4.69) is 29.4 Å². The molecule has 0 spiro atoms.